The van der Waals surface area contributed by atoms with Gasteiger partial charge in [0, 0.05) is 32.7 Å². The molecule has 0 aliphatic carbocycles. The maximum Gasteiger partial charge on any atom is 0.227 e. The number of aliphatic hydroxyl groups excluding tert-OH is 1. The molecule has 27 heavy (non-hydrogen) atoms. The van der Waals surface area contributed by atoms with Crippen molar-refractivity contribution in [2.75, 3.05) is 39.3 Å². The van der Waals surface area contributed by atoms with Crippen LogP contribution in [-0.4, -0.2) is 60.1 Å². The molecule has 1 amide bonds. The van der Waals surface area contributed by atoms with Crippen LogP contribution >= 0.6 is 0 Å². The third-order valence-electron chi connectivity index (χ3n) is 4.78. The van der Waals surface area contributed by atoms with Gasteiger partial charge in [-0.15, -0.1) is 0 Å². The number of piperazine rings is 1. The van der Waals surface area contributed by atoms with E-state index in [-0.39, 0.29) is 18.3 Å². The van der Waals surface area contributed by atoms with Crippen LogP contribution in [0.15, 0.2) is 48.5 Å². The first-order chi connectivity index (χ1) is 13.1. The highest BCUT2D eigenvalue weighted by molar-refractivity contribution is 5.78. The van der Waals surface area contributed by atoms with E-state index in [1.807, 2.05) is 29.2 Å². The van der Waals surface area contributed by atoms with Crippen LogP contribution in [-0.2, 0) is 17.8 Å². The number of hydrogen-bond acceptors (Lipinski definition) is 4. The van der Waals surface area contributed by atoms with Crippen molar-refractivity contribution in [2.24, 2.45) is 0 Å². The number of carbonyl (C=O) groups excluding carboxylic acids is 1. The van der Waals surface area contributed by atoms with Crippen molar-refractivity contribution in [3.05, 3.63) is 65.5 Å². The largest absolute Gasteiger partial charge is 0.492 e. The smallest absolute Gasteiger partial charge is 0.227 e. The minimum atomic E-state index is -0.271. The zero-order valence-electron chi connectivity index (χ0n) is 15.3. The summed E-state index contributed by atoms with van der Waals surface area (Å²) in [5.41, 5.74) is 1.81. The second kappa shape index (κ2) is 9.48. The van der Waals surface area contributed by atoms with Crippen LogP contribution in [0.1, 0.15) is 11.1 Å². The van der Waals surface area contributed by atoms with Gasteiger partial charge >= 0.3 is 0 Å². The van der Waals surface area contributed by atoms with Gasteiger partial charge in [-0.1, -0.05) is 24.3 Å². The maximum atomic E-state index is 12.9. The average Bonchev–Trinajstić information content (AvgIpc) is 2.70. The second-order valence-electron chi connectivity index (χ2n) is 6.68. The Morgan fingerprint density at radius 1 is 0.963 bits per heavy atom. The Kier molecular flexibility index (Phi) is 6.79. The second-order valence-corrected chi connectivity index (χ2v) is 6.68. The van der Waals surface area contributed by atoms with Crippen LogP contribution in [0.4, 0.5) is 4.39 Å². The maximum absolute atomic E-state index is 12.9. The summed E-state index contributed by atoms with van der Waals surface area (Å²) in [6.07, 6.45) is 0.388. The van der Waals surface area contributed by atoms with E-state index in [1.165, 1.54) is 12.1 Å². The first-order valence-electron chi connectivity index (χ1n) is 9.21. The molecule has 3 rings (SSSR count). The first kappa shape index (κ1) is 19.3. The van der Waals surface area contributed by atoms with Gasteiger partial charge in [-0.3, -0.25) is 9.69 Å². The molecule has 2 aromatic rings. The van der Waals surface area contributed by atoms with E-state index in [1.54, 1.807) is 12.1 Å². The SMILES string of the molecule is O=C(Cc1ccc(CO)cc1)N1CCN(CCOc2ccc(F)cc2)CC1. The number of rotatable bonds is 7. The summed E-state index contributed by atoms with van der Waals surface area (Å²) >= 11 is 0. The van der Waals surface area contributed by atoms with Crippen molar-refractivity contribution >= 4 is 5.91 Å². The zero-order chi connectivity index (χ0) is 19.1. The topological polar surface area (TPSA) is 53.0 Å². The molecule has 0 aromatic heterocycles. The molecule has 1 aliphatic rings. The van der Waals surface area contributed by atoms with Crippen LogP contribution in [0.25, 0.3) is 0 Å². The highest BCUT2D eigenvalue weighted by Crippen LogP contribution is 2.12. The number of ether oxygens (including phenoxy) is 1. The molecule has 0 bridgehead atoms. The Hall–Kier alpha value is -2.44. The molecule has 2 aromatic carbocycles. The van der Waals surface area contributed by atoms with E-state index >= 15 is 0 Å². The van der Waals surface area contributed by atoms with Crippen LogP contribution in [0.2, 0.25) is 0 Å². The van der Waals surface area contributed by atoms with Crippen LogP contribution in [0, 0.1) is 5.82 Å². The molecule has 144 valence electrons. The van der Waals surface area contributed by atoms with Crippen LogP contribution in [0.5, 0.6) is 5.75 Å². The number of nitrogens with zero attached hydrogens (tertiary/aromatic N) is 2. The fraction of sp³-hybridized carbons (Fsp3) is 0.381. The lowest BCUT2D eigenvalue weighted by Gasteiger charge is -2.34. The summed E-state index contributed by atoms with van der Waals surface area (Å²) in [6, 6.07) is 13.5. The van der Waals surface area contributed by atoms with Gasteiger partial charge < -0.3 is 14.7 Å². The molecule has 5 nitrogen and oxygen atoms in total. The van der Waals surface area contributed by atoms with Crippen LogP contribution < -0.4 is 4.74 Å². The molecule has 0 radical (unpaired) electrons. The van der Waals surface area contributed by atoms with E-state index in [0.29, 0.717) is 31.9 Å². The Labute approximate surface area is 159 Å². The fourth-order valence-electron chi connectivity index (χ4n) is 3.09. The van der Waals surface area contributed by atoms with Crippen molar-refractivity contribution < 1.29 is 19.0 Å². The number of hydrogen-bond donors (Lipinski definition) is 1. The molecule has 1 N–H and O–H groups in total. The van der Waals surface area contributed by atoms with E-state index < -0.39 is 0 Å². The molecule has 0 unspecified atom stereocenters. The normalized spacial score (nSPS) is 15.0. The minimum absolute atomic E-state index is 0.0149. The summed E-state index contributed by atoms with van der Waals surface area (Å²) < 4.78 is 18.5. The van der Waals surface area contributed by atoms with Gasteiger partial charge in [0.2, 0.25) is 5.91 Å². The standard InChI is InChI=1S/C21H25FN2O3/c22-19-5-7-20(8-6-19)27-14-13-23-9-11-24(12-10-23)21(26)15-17-1-3-18(16-25)4-2-17/h1-8,25H,9-16H2. The van der Waals surface area contributed by atoms with Crippen LogP contribution in [0.3, 0.4) is 0 Å². The van der Waals surface area contributed by atoms with E-state index in [4.69, 9.17) is 9.84 Å². The van der Waals surface area contributed by atoms with Gasteiger partial charge in [0.1, 0.15) is 18.2 Å². The summed E-state index contributed by atoms with van der Waals surface area (Å²) in [4.78, 5) is 16.6. The van der Waals surface area contributed by atoms with E-state index in [2.05, 4.69) is 4.90 Å². The molecule has 0 atom stereocenters. The number of amides is 1. The lowest BCUT2D eigenvalue weighted by molar-refractivity contribution is -0.132. The van der Waals surface area contributed by atoms with Gasteiger partial charge in [0.05, 0.1) is 13.0 Å². The summed E-state index contributed by atoms with van der Waals surface area (Å²) in [6.45, 7) is 4.40. The van der Waals surface area contributed by atoms with Crippen molar-refractivity contribution in [1.82, 2.24) is 9.80 Å². The summed E-state index contributed by atoms with van der Waals surface area (Å²) in [5.74, 6) is 0.527. The molecule has 1 heterocycles. The zero-order valence-corrected chi connectivity index (χ0v) is 15.3. The van der Waals surface area contributed by atoms with E-state index in [0.717, 1.165) is 30.8 Å². The van der Waals surface area contributed by atoms with E-state index in [9.17, 15) is 9.18 Å². The Balaban J connectivity index is 1.37. The van der Waals surface area contributed by atoms with Gasteiger partial charge in [-0.2, -0.15) is 0 Å². The molecule has 0 saturated carbocycles. The van der Waals surface area contributed by atoms with Crippen molar-refractivity contribution in [2.45, 2.75) is 13.0 Å². The fourth-order valence-corrected chi connectivity index (χ4v) is 3.09. The Bertz CT molecular complexity index is 726. The van der Waals surface area contributed by atoms with Crippen molar-refractivity contribution in [3.63, 3.8) is 0 Å². The highest BCUT2D eigenvalue weighted by atomic mass is 19.1. The molecular formula is C21H25FN2O3. The predicted octanol–water partition coefficient (Wildman–Crippen LogP) is 2.08. The van der Waals surface area contributed by atoms with Gasteiger partial charge in [0.25, 0.3) is 0 Å². The number of benzene rings is 2. The average molecular weight is 372 g/mol. The number of carbonyl (C=O) groups is 1. The molecule has 1 aliphatic heterocycles. The molecule has 0 spiro atoms. The quantitative estimate of drug-likeness (QED) is 0.809. The highest BCUT2D eigenvalue weighted by Gasteiger charge is 2.21. The monoisotopic (exact) mass is 372 g/mol. The van der Waals surface area contributed by atoms with Gasteiger partial charge in [-0.25, -0.2) is 4.39 Å². The molecule has 1 saturated heterocycles. The number of aliphatic hydroxyl groups is 1. The summed E-state index contributed by atoms with van der Waals surface area (Å²) in [7, 11) is 0. The van der Waals surface area contributed by atoms with Crippen molar-refractivity contribution in [1.29, 1.82) is 0 Å². The minimum Gasteiger partial charge on any atom is -0.492 e. The van der Waals surface area contributed by atoms with Crippen molar-refractivity contribution in [3.8, 4) is 5.75 Å². The summed E-state index contributed by atoms with van der Waals surface area (Å²) in [5, 5.41) is 9.07. The lowest BCUT2D eigenvalue weighted by Crippen LogP contribution is -2.49. The number of halogens is 1. The predicted molar refractivity (Wildman–Crippen MR) is 101 cm³/mol. The Morgan fingerprint density at radius 2 is 1.59 bits per heavy atom. The Morgan fingerprint density at radius 3 is 2.22 bits per heavy atom. The third-order valence-corrected chi connectivity index (χ3v) is 4.78. The first-order valence-corrected chi connectivity index (χ1v) is 9.21. The molecular weight excluding hydrogens is 347 g/mol. The van der Waals surface area contributed by atoms with Gasteiger partial charge in [0.15, 0.2) is 0 Å². The third kappa shape index (κ3) is 5.77. The lowest BCUT2D eigenvalue weighted by atomic mass is 10.1. The van der Waals surface area contributed by atoms with Gasteiger partial charge in [-0.05, 0) is 35.4 Å². The molecule has 1 fully saturated rings. The molecule has 6 heteroatoms.